The third-order valence-electron chi connectivity index (χ3n) is 2.37. The molecule has 0 rings (SSSR count). The van der Waals surface area contributed by atoms with Crippen molar-refractivity contribution in [2.75, 3.05) is 0 Å². The predicted octanol–water partition coefficient (Wildman–Crippen LogP) is 2.43. The van der Waals surface area contributed by atoms with Gasteiger partial charge in [-0.2, -0.15) is 22.0 Å². The van der Waals surface area contributed by atoms with Crippen LogP contribution in [0.3, 0.4) is 0 Å². The lowest BCUT2D eigenvalue weighted by Crippen LogP contribution is -2.56. The van der Waals surface area contributed by atoms with E-state index in [1.165, 1.54) is 6.92 Å². The Kier molecular flexibility index (Phi) is 4.86. The highest BCUT2D eigenvalue weighted by Gasteiger charge is 2.64. The van der Waals surface area contributed by atoms with Gasteiger partial charge in [-0.15, -0.1) is 0 Å². The molecule has 2 N–H and O–H groups in total. The number of halogens is 6. The first-order valence-corrected chi connectivity index (χ1v) is 4.81. The average molecular weight is 268 g/mol. The molecule has 0 spiro atoms. The molecule has 3 atom stereocenters. The fraction of sp³-hybridized carbons (Fsp3) is 1.00. The number of rotatable bonds is 5. The summed E-state index contributed by atoms with van der Waals surface area (Å²) < 4.78 is 74.4. The fourth-order valence-corrected chi connectivity index (χ4v) is 1.14. The van der Waals surface area contributed by atoms with Crippen LogP contribution in [-0.2, 0) is 0 Å². The van der Waals surface area contributed by atoms with E-state index in [1.807, 2.05) is 0 Å². The van der Waals surface area contributed by atoms with Crippen LogP contribution in [0.1, 0.15) is 26.7 Å². The van der Waals surface area contributed by atoms with Crippen molar-refractivity contribution in [1.82, 2.24) is 0 Å². The van der Waals surface area contributed by atoms with E-state index in [-0.39, 0.29) is 6.42 Å². The Morgan fingerprint density at radius 2 is 1.53 bits per heavy atom. The second kappa shape index (κ2) is 5.01. The van der Waals surface area contributed by atoms with Crippen molar-refractivity contribution >= 4 is 0 Å². The van der Waals surface area contributed by atoms with Gasteiger partial charge in [0.2, 0.25) is 0 Å². The van der Waals surface area contributed by atoms with Crippen molar-refractivity contribution in [1.29, 1.82) is 0 Å². The molecule has 104 valence electrons. The first-order chi connectivity index (χ1) is 7.32. The summed E-state index contributed by atoms with van der Waals surface area (Å²) >= 11 is 0. The molecule has 0 saturated carbocycles. The Bertz CT molecular complexity index is 248. The maximum Gasteiger partial charge on any atom is 0.425 e. The molecule has 0 bridgehead atoms. The third kappa shape index (κ3) is 4.02. The maximum absolute atomic E-state index is 13.1. The van der Waals surface area contributed by atoms with Crippen LogP contribution in [0.15, 0.2) is 0 Å². The predicted molar refractivity (Wildman–Crippen MR) is 47.4 cm³/mol. The zero-order valence-electron chi connectivity index (χ0n) is 9.23. The van der Waals surface area contributed by atoms with E-state index in [1.54, 1.807) is 0 Å². The minimum absolute atomic E-state index is 0.368. The van der Waals surface area contributed by atoms with Gasteiger partial charge in [-0.3, -0.25) is 0 Å². The van der Waals surface area contributed by atoms with Crippen molar-refractivity contribution in [2.45, 2.75) is 56.7 Å². The lowest BCUT2D eigenvalue weighted by molar-refractivity contribution is -0.291. The number of alkyl halides is 6. The first-order valence-electron chi connectivity index (χ1n) is 4.81. The van der Waals surface area contributed by atoms with Crippen LogP contribution in [0.4, 0.5) is 26.3 Å². The SMILES string of the molecule is CC(O)CCC(C)(O)C(F)(F)C(F)C(F)(F)F. The fourth-order valence-electron chi connectivity index (χ4n) is 1.14. The van der Waals surface area contributed by atoms with E-state index in [4.69, 9.17) is 5.11 Å². The van der Waals surface area contributed by atoms with Crippen molar-refractivity contribution in [2.24, 2.45) is 0 Å². The number of hydrogen-bond donors (Lipinski definition) is 2. The third-order valence-corrected chi connectivity index (χ3v) is 2.37. The number of aliphatic hydroxyl groups is 2. The highest BCUT2D eigenvalue weighted by atomic mass is 19.4. The van der Waals surface area contributed by atoms with Crippen LogP contribution in [-0.4, -0.2) is 40.2 Å². The zero-order valence-corrected chi connectivity index (χ0v) is 9.23. The molecule has 0 heterocycles. The molecule has 0 aliphatic carbocycles. The Morgan fingerprint density at radius 3 is 1.82 bits per heavy atom. The summed E-state index contributed by atoms with van der Waals surface area (Å²) in [5.41, 5.74) is -3.18. The molecular weight excluding hydrogens is 254 g/mol. The van der Waals surface area contributed by atoms with Crippen LogP contribution in [0.25, 0.3) is 0 Å². The molecule has 0 aromatic carbocycles. The lowest BCUT2D eigenvalue weighted by atomic mass is 9.88. The van der Waals surface area contributed by atoms with Crippen molar-refractivity contribution in [3.63, 3.8) is 0 Å². The van der Waals surface area contributed by atoms with Crippen molar-refractivity contribution < 1.29 is 36.6 Å². The highest BCUT2D eigenvalue weighted by Crippen LogP contribution is 2.43. The van der Waals surface area contributed by atoms with Gasteiger partial charge in [-0.05, 0) is 26.7 Å². The summed E-state index contributed by atoms with van der Waals surface area (Å²) in [6.07, 6.45) is -12.5. The van der Waals surface area contributed by atoms with E-state index >= 15 is 0 Å². The zero-order chi connectivity index (χ0) is 14.1. The Balaban J connectivity index is 4.89. The van der Waals surface area contributed by atoms with Crippen LogP contribution >= 0.6 is 0 Å². The number of aliphatic hydroxyl groups excluding tert-OH is 1. The Hall–Kier alpha value is -0.500. The molecule has 0 saturated heterocycles. The van der Waals surface area contributed by atoms with Crippen LogP contribution in [0.2, 0.25) is 0 Å². The van der Waals surface area contributed by atoms with Gasteiger partial charge in [0.1, 0.15) is 5.60 Å². The summed E-state index contributed by atoms with van der Waals surface area (Å²) in [5, 5.41) is 18.0. The molecule has 0 aromatic rings. The van der Waals surface area contributed by atoms with Gasteiger partial charge >= 0.3 is 12.1 Å². The van der Waals surface area contributed by atoms with Crippen molar-refractivity contribution in [3.8, 4) is 0 Å². The smallest absolute Gasteiger partial charge is 0.393 e. The molecule has 2 nitrogen and oxygen atoms in total. The van der Waals surface area contributed by atoms with Gasteiger partial charge in [0.05, 0.1) is 6.10 Å². The molecule has 8 heteroatoms. The monoisotopic (exact) mass is 268 g/mol. The van der Waals surface area contributed by atoms with E-state index < -0.39 is 36.4 Å². The van der Waals surface area contributed by atoms with Gasteiger partial charge in [0, 0.05) is 0 Å². The van der Waals surface area contributed by atoms with Gasteiger partial charge in [0.25, 0.3) is 6.17 Å². The van der Waals surface area contributed by atoms with Crippen LogP contribution in [0, 0.1) is 0 Å². The average Bonchev–Trinajstić information content (AvgIpc) is 2.11. The molecule has 0 aliphatic rings. The van der Waals surface area contributed by atoms with Gasteiger partial charge in [-0.25, -0.2) is 4.39 Å². The second-order valence-electron chi connectivity index (χ2n) is 4.19. The maximum atomic E-state index is 13.1. The van der Waals surface area contributed by atoms with Crippen LogP contribution < -0.4 is 0 Å². The molecule has 3 unspecified atom stereocenters. The lowest BCUT2D eigenvalue weighted by Gasteiger charge is -2.35. The molecule has 0 radical (unpaired) electrons. The molecular formula is C9H14F6O2. The summed E-state index contributed by atoms with van der Waals surface area (Å²) in [6, 6.07) is 0. The first kappa shape index (κ1) is 16.5. The normalized spacial score (nSPS) is 20.8. The quantitative estimate of drug-likeness (QED) is 0.752. The Labute approximate surface area is 94.2 Å². The van der Waals surface area contributed by atoms with Gasteiger partial charge in [-0.1, -0.05) is 0 Å². The largest absolute Gasteiger partial charge is 0.425 e. The molecule has 0 amide bonds. The highest BCUT2D eigenvalue weighted by molar-refractivity contribution is 4.97. The molecule has 0 aromatic heterocycles. The molecule has 0 fully saturated rings. The minimum Gasteiger partial charge on any atom is -0.393 e. The standard InChI is InChI=1S/C9H14F6O2/c1-5(16)3-4-7(2,17)8(11,12)6(10)9(13,14)15/h5-6,16-17H,3-4H2,1-2H3. The van der Waals surface area contributed by atoms with E-state index in [0.717, 1.165) is 0 Å². The van der Waals surface area contributed by atoms with E-state index in [2.05, 4.69) is 0 Å². The minimum atomic E-state index is -5.75. The van der Waals surface area contributed by atoms with Gasteiger partial charge < -0.3 is 10.2 Å². The summed E-state index contributed by atoms with van der Waals surface area (Å²) in [6.45, 7) is 1.62. The summed E-state index contributed by atoms with van der Waals surface area (Å²) in [7, 11) is 0. The molecule has 17 heavy (non-hydrogen) atoms. The van der Waals surface area contributed by atoms with E-state index in [0.29, 0.717) is 6.92 Å². The van der Waals surface area contributed by atoms with Crippen molar-refractivity contribution in [3.05, 3.63) is 0 Å². The Morgan fingerprint density at radius 1 is 1.12 bits per heavy atom. The second-order valence-corrected chi connectivity index (χ2v) is 4.19. The van der Waals surface area contributed by atoms with E-state index in [9.17, 15) is 31.4 Å². The summed E-state index contributed by atoms with van der Waals surface area (Å²) in [4.78, 5) is 0. The van der Waals surface area contributed by atoms with Crippen LogP contribution in [0.5, 0.6) is 0 Å². The van der Waals surface area contributed by atoms with Gasteiger partial charge in [0.15, 0.2) is 0 Å². The molecule has 0 aliphatic heterocycles. The number of hydrogen-bond acceptors (Lipinski definition) is 2. The summed E-state index contributed by atoms with van der Waals surface area (Å²) in [5.74, 6) is -4.97. The topological polar surface area (TPSA) is 40.5 Å².